The average Bonchev–Trinajstić information content (AvgIpc) is 2.85. The summed E-state index contributed by atoms with van der Waals surface area (Å²) in [4.78, 5) is 16.1. The van der Waals surface area contributed by atoms with Gasteiger partial charge < -0.3 is 5.32 Å². The maximum Gasteiger partial charge on any atom is 0.238 e. The number of rotatable bonds is 4. The van der Waals surface area contributed by atoms with Crippen molar-refractivity contribution in [3.63, 3.8) is 0 Å². The van der Waals surface area contributed by atoms with Gasteiger partial charge in [-0.3, -0.25) is 4.79 Å². The Balaban J connectivity index is 1.92. The molecule has 1 amide bonds. The molecule has 1 atom stereocenters. The Morgan fingerprint density at radius 1 is 1.47 bits per heavy atom. The molecule has 1 aromatic heterocycles. The van der Waals surface area contributed by atoms with Crippen molar-refractivity contribution in [2.45, 2.75) is 43.1 Å². The molecule has 1 fully saturated rings. The van der Waals surface area contributed by atoms with Gasteiger partial charge in [-0.1, -0.05) is 36.0 Å². The lowest BCUT2D eigenvalue weighted by molar-refractivity contribution is -0.115. The van der Waals surface area contributed by atoms with Crippen LogP contribution in [0, 0.1) is 0 Å². The van der Waals surface area contributed by atoms with Crippen LogP contribution < -0.4 is 5.32 Å². The molecule has 104 valence electrons. The minimum absolute atomic E-state index is 0.0615. The summed E-state index contributed by atoms with van der Waals surface area (Å²) in [7, 11) is 0. The van der Waals surface area contributed by atoms with E-state index in [4.69, 9.17) is 23.2 Å². The van der Waals surface area contributed by atoms with Crippen LogP contribution in [0.15, 0.2) is 12.3 Å². The number of hydrogen-bond donors (Lipinski definition) is 1. The van der Waals surface area contributed by atoms with E-state index >= 15 is 0 Å². The van der Waals surface area contributed by atoms with Gasteiger partial charge in [-0.2, -0.15) is 0 Å². The number of aromatic nitrogens is 1. The lowest BCUT2D eigenvalue weighted by Gasteiger charge is -2.16. The minimum atomic E-state index is -0.100. The van der Waals surface area contributed by atoms with Gasteiger partial charge in [0, 0.05) is 11.4 Å². The van der Waals surface area contributed by atoms with E-state index in [-0.39, 0.29) is 11.2 Å². The molecule has 0 bridgehead atoms. The summed E-state index contributed by atoms with van der Waals surface area (Å²) < 4.78 is 0. The van der Waals surface area contributed by atoms with E-state index in [1.807, 2.05) is 6.92 Å². The Labute approximate surface area is 127 Å². The maximum absolute atomic E-state index is 12.1. The second-order valence-electron chi connectivity index (χ2n) is 4.66. The summed E-state index contributed by atoms with van der Waals surface area (Å²) >= 11 is 13.5. The van der Waals surface area contributed by atoms with E-state index in [1.54, 1.807) is 17.8 Å². The molecular formula is C13H16Cl2N2OS. The van der Waals surface area contributed by atoms with Crippen LogP contribution in [-0.4, -0.2) is 21.4 Å². The summed E-state index contributed by atoms with van der Waals surface area (Å²) in [5.41, 5.74) is 0. The van der Waals surface area contributed by atoms with Crippen LogP contribution >= 0.6 is 35.0 Å². The fourth-order valence-corrected chi connectivity index (χ4v) is 3.89. The lowest BCUT2D eigenvalue weighted by atomic mass is 10.4. The molecule has 0 aliphatic heterocycles. The number of nitrogens with zero attached hydrogens (tertiary/aromatic N) is 1. The van der Waals surface area contributed by atoms with Crippen LogP contribution in [0.3, 0.4) is 0 Å². The summed E-state index contributed by atoms with van der Waals surface area (Å²) in [6.07, 6.45) is 6.44. The van der Waals surface area contributed by atoms with Crippen molar-refractivity contribution in [3.8, 4) is 0 Å². The first-order valence-corrected chi connectivity index (χ1v) is 8.03. The van der Waals surface area contributed by atoms with Crippen LogP contribution in [-0.2, 0) is 4.79 Å². The third-order valence-electron chi connectivity index (χ3n) is 3.12. The highest BCUT2D eigenvalue weighted by Gasteiger charge is 2.23. The number of carbonyl (C=O) groups excluding carboxylic acids is 1. The highest BCUT2D eigenvalue weighted by molar-refractivity contribution is 8.01. The molecule has 0 spiro atoms. The van der Waals surface area contributed by atoms with Gasteiger partial charge in [0.25, 0.3) is 0 Å². The Hall–Kier alpha value is -0.450. The second kappa shape index (κ2) is 6.82. The SMILES string of the molecule is C[C@H](SC1CCCC1)C(=O)Nc1ncc(Cl)cc1Cl. The van der Waals surface area contributed by atoms with Gasteiger partial charge in [0.1, 0.15) is 0 Å². The highest BCUT2D eigenvalue weighted by Crippen LogP contribution is 2.32. The van der Waals surface area contributed by atoms with Gasteiger partial charge in [0.15, 0.2) is 5.82 Å². The molecule has 1 aromatic rings. The molecule has 6 heteroatoms. The summed E-state index contributed by atoms with van der Waals surface area (Å²) in [5.74, 6) is 0.309. The quantitative estimate of drug-likeness (QED) is 0.895. The van der Waals surface area contributed by atoms with Gasteiger partial charge in [-0.05, 0) is 25.8 Å². The van der Waals surface area contributed by atoms with Crippen molar-refractivity contribution in [3.05, 3.63) is 22.3 Å². The average molecular weight is 319 g/mol. The first kappa shape index (κ1) is 14.9. The van der Waals surface area contributed by atoms with Crippen LogP contribution in [0.2, 0.25) is 10.0 Å². The standard InChI is InChI=1S/C13H16Cl2N2OS/c1-8(19-10-4-2-3-5-10)13(18)17-12-11(15)6-9(14)7-16-12/h6-8,10H,2-5H2,1H3,(H,16,17,18)/t8-/m0/s1. The normalized spacial score (nSPS) is 17.4. The molecule has 3 nitrogen and oxygen atoms in total. The number of pyridine rings is 1. The van der Waals surface area contributed by atoms with Crippen LogP contribution in [0.1, 0.15) is 32.6 Å². The fourth-order valence-electron chi connectivity index (χ4n) is 2.10. The number of halogens is 2. The zero-order valence-corrected chi connectivity index (χ0v) is 13.0. The summed E-state index contributed by atoms with van der Waals surface area (Å²) in [5, 5.41) is 4.07. The van der Waals surface area contributed by atoms with Gasteiger partial charge in [-0.15, -0.1) is 11.8 Å². The highest BCUT2D eigenvalue weighted by atomic mass is 35.5. The predicted octanol–water partition coefficient (Wildman–Crippen LogP) is 4.39. The van der Waals surface area contributed by atoms with E-state index in [9.17, 15) is 4.79 Å². The smallest absolute Gasteiger partial charge is 0.238 e. The Morgan fingerprint density at radius 2 is 2.16 bits per heavy atom. The summed E-state index contributed by atoms with van der Waals surface area (Å²) in [6, 6.07) is 1.57. The number of carbonyl (C=O) groups is 1. The minimum Gasteiger partial charge on any atom is -0.308 e. The van der Waals surface area contributed by atoms with Crippen molar-refractivity contribution in [2.75, 3.05) is 5.32 Å². The number of hydrogen-bond acceptors (Lipinski definition) is 3. The van der Waals surface area contributed by atoms with E-state index < -0.39 is 0 Å². The molecular weight excluding hydrogens is 303 g/mol. The molecule has 0 radical (unpaired) electrons. The first-order chi connectivity index (χ1) is 9.06. The van der Waals surface area contributed by atoms with Gasteiger partial charge in [-0.25, -0.2) is 4.98 Å². The second-order valence-corrected chi connectivity index (χ2v) is 7.15. The van der Waals surface area contributed by atoms with Gasteiger partial charge in [0.2, 0.25) is 5.91 Å². The van der Waals surface area contributed by atoms with Crippen LogP contribution in [0.4, 0.5) is 5.82 Å². The monoisotopic (exact) mass is 318 g/mol. The number of anilines is 1. The molecule has 1 heterocycles. The Morgan fingerprint density at radius 3 is 2.79 bits per heavy atom. The largest absolute Gasteiger partial charge is 0.308 e. The van der Waals surface area contributed by atoms with Gasteiger partial charge in [0.05, 0.1) is 15.3 Å². The number of amides is 1. The van der Waals surface area contributed by atoms with E-state index in [1.165, 1.54) is 31.9 Å². The topological polar surface area (TPSA) is 42.0 Å². The van der Waals surface area contributed by atoms with Crippen LogP contribution in [0.5, 0.6) is 0 Å². The molecule has 1 N–H and O–H groups in total. The van der Waals surface area contributed by atoms with E-state index in [0.717, 1.165) is 0 Å². The van der Waals surface area contributed by atoms with Crippen molar-refractivity contribution in [1.82, 2.24) is 4.98 Å². The summed E-state index contributed by atoms with van der Waals surface area (Å²) in [6.45, 7) is 1.92. The number of thioether (sulfide) groups is 1. The molecule has 19 heavy (non-hydrogen) atoms. The third-order valence-corrected chi connectivity index (χ3v) is 5.09. The molecule has 0 unspecified atom stereocenters. The lowest BCUT2D eigenvalue weighted by Crippen LogP contribution is -2.24. The van der Waals surface area contributed by atoms with Crippen LogP contribution in [0.25, 0.3) is 0 Å². The van der Waals surface area contributed by atoms with Crippen molar-refractivity contribution < 1.29 is 4.79 Å². The molecule has 1 aliphatic rings. The molecule has 1 aliphatic carbocycles. The van der Waals surface area contributed by atoms with E-state index in [2.05, 4.69) is 10.3 Å². The fraction of sp³-hybridized carbons (Fsp3) is 0.538. The Kier molecular flexibility index (Phi) is 5.37. The Bertz CT molecular complexity index is 464. The van der Waals surface area contributed by atoms with Gasteiger partial charge >= 0.3 is 0 Å². The maximum atomic E-state index is 12.1. The molecule has 2 rings (SSSR count). The zero-order valence-electron chi connectivity index (χ0n) is 10.7. The van der Waals surface area contributed by atoms with Crippen molar-refractivity contribution in [1.29, 1.82) is 0 Å². The predicted molar refractivity (Wildman–Crippen MR) is 82.2 cm³/mol. The molecule has 0 aromatic carbocycles. The first-order valence-electron chi connectivity index (χ1n) is 6.33. The number of nitrogens with one attached hydrogen (secondary N) is 1. The zero-order chi connectivity index (χ0) is 13.8. The van der Waals surface area contributed by atoms with Crippen molar-refractivity contribution in [2.24, 2.45) is 0 Å². The molecule has 0 saturated heterocycles. The van der Waals surface area contributed by atoms with Crippen molar-refractivity contribution >= 4 is 46.7 Å². The third kappa shape index (κ3) is 4.26. The molecule has 1 saturated carbocycles. The van der Waals surface area contributed by atoms with E-state index in [0.29, 0.717) is 21.1 Å².